The monoisotopic (exact) mass is 166 g/mol. The molecule has 1 nitrogen and oxygen atoms in total. The molecule has 1 radical (unpaired) electrons. The van der Waals surface area contributed by atoms with Gasteiger partial charge in [-0.15, -0.1) is 0 Å². The third-order valence-corrected chi connectivity index (χ3v) is 2.37. The lowest BCUT2D eigenvalue weighted by Gasteiger charge is -2.16. The molecule has 1 aliphatic rings. The molecule has 57 valence electrons. The highest BCUT2D eigenvalue weighted by Crippen LogP contribution is 2.22. The number of benzene rings is 1. The van der Waals surface area contributed by atoms with Gasteiger partial charge >= 0.3 is 0 Å². The van der Waals surface area contributed by atoms with Crippen LogP contribution in [0, 0.1) is 0 Å². The van der Waals surface area contributed by atoms with Gasteiger partial charge in [-0.3, -0.25) is 0 Å². The lowest BCUT2D eigenvalue weighted by molar-refractivity contribution is 0.630. The van der Waals surface area contributed by atoms with Gasteiger partial charge in [0.05, 0.1) is 0 Å². The van der Waals surface area contributed by atoms with E-state index in [2.05, 4.69) is 11.4 Å². The van der Waals surface area contributed by atoms with Gasteiger partial charge in [0, 0.05) is 18.1 Å². The summed E-state index contributed by atoms with van der Waals surface area (Å²) in [6.07, 6.45) is 1.01. The largest absolute Gasteiger partial charge is 0.237 e. The second kappa shape index (κ2) is 2.84. The fraction of sp³-hybridized carbons (Fsp3) is 0.333. The van der Waals surface area contributed by atoms with E-state index < -0.39 is 0 Å². The molecular formula is C9H9ClN. The Hall–Kier alpha value is -0.530. The molecule has 0 aliphatic carbocycles. The number of hydrogen-bond acceptors (Lipinski definition) is 0. The number of hydrogen-bond donors (Lipinski definition) is 0. The van der Waals surface area contributed by atoms with E-state index in [1.807, 2.05) is 12.1 Å². The molecular weight excluding hydrogens is 158 g/mol. The average molecular weight is 167 g/mol. The molecule has 1 aliphatic heterocycles. The predicted octanol–water partition coefficient (Wildman–Crippen LogP) is 2.00. The summed E-state index contributed by atoms with van der Waals surface area (Å²) in [6, 6.07) is 6.04. The van der Waals surface area contributed by atoms with Crippen LogP contribution in [0.2, 0.25) is 5.02 Å². The summed E-state index contributed by atoms with van der Waals surface area (Å²) in [5.74, 6) is 0. The fourth-order valence-electron chi connectivity index (χ4n) is 1.42. The molecule has 1 aromatic carbocycles. The van der Waals surface area contributed by atoms with Crippen LogP contribution in [-0.4, -0.2) is 6.54 Å². The van der Waals surface area contributed by atoms with Gasteiger partial charge in [0.15, 0.2) is 0 Å². The van der Waals surface area contributed by atoms with Crippen molar-refractivity contribution in [3.63, 3.8) is 0 Å². The van der Waals surface area contributed by atoms with Crippen LogP contribution in [0.1, 0.15) is 11.1 Å². The zero-order chi connectivity index (χ0) is 7.68. The smallest absolute Gasteiger partial charge is 0.0441 e. The average Bonchev–Trinajstić information content (AvgIpc) is 2.06. The Bertz CT molecular complexity index is 270. The van der Waals surface area contributed by atoms with Crippen LogP contribution in [0.3, 0.4) is 0 Å². The van der Waals surface area contributed by atoms with Crippen LogP contribution in [0.5, 0.6) is 0 Å². The molecule has 0 N–H and O–H groups in total. The van der Waals surface area contributed by atoms with Crippen LogP contribution >= 0.6 is 11.6 Å². The van der Waals surface area contributed by atoms with E-state index in [0.717, 1.165) is 24.5 Å². The van der Waals surface area contributed by atoms with Crippen LogP contribution in [0.25, 0.3) is 0 Å². The van der Waals surface area contributed by atoms with Gasteiger partial charge in [-0.05, 0) is 23.6 Å². The Kier molecular flexibility index (Phi) is 1.84. The minimum atomic E-state index is 0.843. The second-order valence-electron chi connectivity index (χ2n) is 2.73. The van der Waals surface area contributed by atoms with E-state index >= 15 is 0 Å². The van der Waals surface area contributed by atoms with Gasteiger partial charge in [0.25, 0.3) is 0 Å². The Labute approximate surface area is 71.4 Å². The summed E-state index contributed by atoms with van der Waals surface area (Å²) < 4.78 is 0. The first-order valence-electron chi connectivity index (χ1n) is 3.77. The number of fused-ring (bicyclic) bond motifs is 1. The van der Waals surface area contributed by atoms with Crippen molar-refractivity contribution in [2.45, 2.75) is 13.0 Å². The van der Waals surface area contributed by atoms with E-state index in [-0.39, 0.29) is 0 Å². The van der Waals surface area contributed by atoms with Crippen LogP contribution in [-0.2, 0) is 13.0 Å². The highest BCUT2D eigenvalue weighted by molar-refractivity contribution is 6.31. The van der Waals surface area contributed by atoms with E-state index in [9.17, 15) is 0 Å². The van der Waals surface area contributed by atoms with Gasteiger partial charge in [-0.2, -0.15) is 0 Å². The van der Waals surface area contributed by atoms with Crippen molar-refractivity contribution in [2.24, 2.45) is 0 Å². The minimum absolute atomic E-state index is 0.843. The Morgan fingerprint density at radius 3 is 3.09 bits per heavy atom. The van der Waals surface area contributed by atoms with Crippen molar-refractivity contribution in [1.82, 2.24) is 5.32 Å². The van der Waals surface area contributed by atoms with Crippen LogP contribution in [0.15, 0.2) is 18.2 Å². The summed E-state index contributed by atoms with van der Waals surface area (Å²) in [5.41, 5.74) is 2.59. The first-order chi connectivity index (χ1) is 5.38. The minimum Gasteiger partial charge on any atom is -0.237 e. The highest BCUT2D eigenvalue weighted by Gasteiger charge is 2.10. The van der Waals surface area contributed by atoms with Gasteiger partial charge in [0.2, 0.25) is 0 Å². The molecule has 2 rings (SSSR count). The second-order valence-corrected chi connectivity index (χ2v) is 3.14. The zero-order valence-electron chi connectivity index (χ0n) is 6.18. The summed E-state index contributed by atoms with van der Waals surface area (Å²) in [7, 11) is 0. The lowest BCUT2D eigenvalue weighted by atomic mass is 10.0. The highest BCUT2D eigenvalue weighted by atomic mass is 35.5. The summed E-state index contributed by atoms with van der Waals surface area (Å²) in [6.45, 7) is 1.77. The van der Waals surface area contributed by atoms with Crippen molar-refractivity contribution >= 4 is 11.6 Å². The number of rotatable bonds is 0. The van der Waals surface area contributed by atoms with Crippen molar-refractivity contribution in [1.29, 1.82) is 0 Å². The molecule has 1 aromatic rings. The van der Waals surface area contributed by atoms with Crippen molar-refractivity contribution < 1.29 is 0 Å². The van der Waals surface area contributed by atoms with Crippen molar-refractivity contribution in [3.05, 3.63) is 34.3 Å². The third kappa shape index (κ3) is 1.26. The molecule has 0 amide bonds. The molecule has 11 heavy (non-hydrogen) atoms. The zero-order valence-corrected chi connectivity index (χ0v) is 6.93. The molecule has 0 saturated heterocycles. The molecule has 0 atom stereocenters. The van der Waals surface area contributed by atoms with Crippen LogP contribution in [0.4, 0.5) is 0 Å². The number of nitrogens with zero attached hydrogens (tertiary/aromatic N) is 1. The number of halogens is 1. The van der Waals surface area contributed by atoms with E-state index in [1.165, 1.54) is 11.1 Å². The van der Waals surface area contributed by atoms with E-state index in [1.54, 1.807) is 0 Å². The molecule has 0 fully saturated rings. The molecule has 0 bridgehead atoms. The summed E-state index contributed by atoms with van der Waals surface area (Å²) in [5, 5.41) is 5.20. The first-order valence-corrected chi connectivity index (χ1v) is 4.15. The topological polar surface area (TPSA) is 14.1 Å². The molecule has 0 unspecified atom stereocenters. The molecule has 1 heterocycles. The third-order valence-electron chi connectivity index (χ3n) is 2.02. The standard InChI is InChI=1S/C9H9ClN/c10-9-3-1-2-7-6-11-5-4-8(7)9/h1-3H,4-6H2. The van der Waals surface area contributed by atoms with Gasteiger partial charge in [-0.25, -0.2) is 5.32 Å². The Balaban J connectivity index is 2.49. The maximum atomic E-state index is 6.00. The maximum absolute atomic E-state index is 6.00. The van der Waals surface area contributed by atoms with E-state index in [0.29, 0.717) is 0 Å². The SMILES string of the molecule is Clc1cccc2c1CC[N]C2. The molecule has 0 aromatic heterocycles. The fourth-order valence-corrected chi connectivity index (χ4v) is 1.71. The van der Waals surface area contributed by atoms with Gasteiger partial charge in [0.1, 0.15) is 0 Å². The molecule has 0 spiro atoms. The Morgan fingerprint density at radius 2 is 2.27 bits per heavy atom. The maximum Gasteiger partial charge on any atom is 0.0441 e. The van der Waals surface area contributed by atoms with E-state index in [4.69, 9.17) is 11.6 Å². The lowest BCUT2D eigenvalue weighted by Crippen LogP contribution is -2.17. The quantitative estimate of drug-likeness (QED) is 0.560. The summed E-state index contributed by atoms with van der Waals surface area (Å²) >= 11 is 6.00. The van der Waals surface area contributed by atoms with Gasteiger partial charge in [-0.1, -0.05) is 23.7 Å². The van der Waals surface area contributed by atoms with Gasteiger partial charge < -0.3 is 0 Å². The normalized spacial score (nSPS) is 16.1. The van der Waals surface area contributed by atoms with Crippen molar-refractivity contribution in [2.75, 3.05) is 6.54 Å². The molecule has 0 saturated carbocycles. The Morgan fingerprint density at radius 1 is 1.36 bits per heavy atom. The van der Waals surface area contributed by atoms with Crippen molar-refractivity contribution in [3.8, 4) is 0 Å². The summed E-state index contributed by atoms with van der Waals surface area (Å²) in [4.78, 5) is 0. The van der Waals surface area contributed by atoms with Crippen LogP contribution < -0.4 is 5.32 Å². The molecule has 2 heteroatoms. The first kappa shape index (κ1) is 7.14. The predicted molar refractivity (Wildman–Crippen MR) is 45.9 cm³/mol.